The summed E-state index contributed by atoms with van der Waals surface area (Å²) >= 11 is 0. The number of anilines is 1. The second-order valence-corrected chi connectivity index (χ2v) is 10.4. The molecule has 7 N–H and O–H groups in total. The SMILES string of the molecule is NC12CC3CC(CC(C3)C1)C2.Nc1ccn(CC(CO)OCP(=O)(O)O)c(=O)n1. The second-order valence-electron chi connectivity index (χ2n) is 8.83. The molecule has 4 saturated carbocycles. The Bertz CT molecular complexity index is 775. The van der Waals surface area contributed by atoms with Crippen molar-refractivity contribution in [1.82, 2.24) is 9.55 Å². The molecule has 4 aliphatic rings. The number of hydrogen-bond donors (Lipinski definition) is 5. The minimum atomic E-state index is -4.31. The van der Waals surface area contributed by atoms with Gasteiger partial charge in [0, 0.05) is 11.7 Å². The lowest BCUT2D eigenvalue weighted by molar-refractivity contribution is 0.000363. The number of aliphatic hydroxyl groups is 1. The van der Waals surface area contributed by atoms with Crippen LogP contribution in [-0.2, 0) is 15.8 Å². The van der Waals surface area contributed by atoms with Gasteiger partial charge in [0.15, 0.2) is 0 Å². The number of ether oxygens (including phenoxy) is 1. The monoisotopic (exact) mass is 430 g/mol. The molecule has 1 aromatic heterocycles. The summed E-state index contributed by atoms with van der Waals surface area (Å²) in [5.74, 6) is 3.12. The molecule has 4 aliphatic carbocycles. The first kappa shape index (κ1) is 22.4. The third-order valence-electron chi connectivity index (χ3n) is 6.06. The molecule has 0 radical (unpaired) electrons. The Balaban J connectivity index is 0.000000183. The van der Waals surface area contributed by atoms with Crippen LogP contribution in [0.25, 0.3) is 0 Å². The number of rotatable bonds is 6. The van der Waals surface area contributed by atoms with Crippen LogP contribution in [0.3, 0.4) is 0 Å². The van der Waals surface area contributed by atoms with E-state index in [2.05, 4.69) is 4.98 Å². The van der Waals surface area contributed by atoms with Gasteiger partial charge in [-0.1, -0.05) is 0 Å². The van der Waals surface area contributed by atoms with Crippen LogP contribution >= 0.6 is 7.60 Å². The zero-order valence-corrected chi connectivity index (χ0v) is 17.3. The van der Waals surface area contributed by atoms with Crippen LogP contribution in [0.2, 0.25) is 0 Å². The van der Waals surface area contributed by atoms with E-state index < -0.39 is 32.3 Å². The van der Waals surface area contributed by atoms with Crippen molar-refractivity contribution >= 4 is 13.4 Å². The molecule has 0 amide bonds. The van der Waals surface area contributed by atoms with Crippen LogP contribution in [0.4, 0.5) is 5.82 Å². The summed E-state index contributed by atoms with van der Waals surface area (Å²) in [4.78, 5) is 32.1. The minimum Gasteiger partial charge on any atom is -0.394 e. The van der Waals surface area contributed by atoms with E-state index in [4.69, 9.17) is 31.1 Å². The molecule has 0 saturated heterocycles. The highest BCUT2D eigenvalue weighted by atomic mass is 31.2. The molecule has 1 atom stereocenters. The van der Waals surface area contributed by atoms with Crippen molar-refractivity contribution in [3.8, 4) is 0 Å². The van der Waals surface area contributed by atoms with Crippen LogP contribution in [0.15, 0.2) is 17.1 Å². The standard InChI is InChI=1S/C10H17N.C8H14N3O6P/c11-10-4-7-1-8(5-10)3-9(2-7)6-10;9-7-1-2-11(8(13)10-7)3-6(4-12)17-5-18(14,15)16/h7-9H,1-6,11H2;1-2,6,12H,3-5H2,(H2,9,10,13)(H2,14,15,16). The molecular formula is C18H31N4O6P. The summed E-state index contributed by atoms with van der Waals surface area (Å²) in [6, 6.07) is 1.39. The number of nitrogens with zero attached hydrogens (tertiary/aromatic N) is 2. The molecule has 4 fully saturated rings. The third-order valence-corrected chi connectivity index (χ3v) is 6.55. The summed E-state index contributed by atoms with van der Waals surface area (Å²) in [5.41, 5.74) is 11.3. The van der Waals surface area contributed by atoms with Gasteiger partial charge in [-0.05, 0) is 62.3 Å². The first-order valence-corrected chi connectivity index (χ1v) is 11.7. The maximum atomic E-state index is 11.4. The van der Waals surface area contributed by atoms with Crippen molar-refractivity contribution in [3.05, 3.63) is 22.7 Å². The zero-order chi connectivity index (χ0) is 21.2. The molecule has 1 unspecified atom stereocenters. The maximum Gasteiger partial charge on any atom is 0.350 e. The predicted molar refractivity (Wildman–Crippen MR) is 107 cm³/mol. The number of aliphatic hydroxyl groups excluding tert-OH is 1. The zero-order valence-electron chi connectivity index (χ0n) is 16.4. The predicted octanol–water partition coefficient (Wildman–Crippen LogP) is 0.252. The Labute approximate surface area is 169 Å². The molecule has 0 spiro atoms. The van der Waals surface area contributed by atoms with Gasteiger partial charge in [-0.2, -0.15) is 4.98 Å². The molecular weight excluding hydrogens is 399 g/mol. The topological polar surface area (TPSA) is 174 Å². The first-order chi connectivity index (χ1) is 13.5. The second kappa shape index (κ2) is 8.83. The van der Waals surface area contributed by atoms with Crippen LogP contribution in [-0.4, -0.2) is 49.0 Å². The third kappa shape index (κ3) is 6.34. The van der Waals surface area contributed by atoms with E-state index in [1.807, 2.05) is 0 Å². The Morgan fingerprint density at radius 3 is 2.21 bits per heavy atom. The minimum absolute atomic E-state index is 0.0629. The lowest BCUT2D eigenvalue weighted by atomic mass is 9.53. The van der Waals surface area contributed by atoms with E-state index >= 15 is 0 Å². The molecule has 0 aliphatic heterocycles. The average molecular weight is 430 g/mol. The van der Waals surface area contributed by atoms with E-state index in [-0.39, 0.29) is 12.4 Å². The van der Waals surface area contributed by atoms with Gasteiger partial charge in [0.05, 0.1) is 19.3 Å². The maximum absolute atomic E-state index is 11.4. The van der Waals surface area contributed by atoms with Crippen LogP contribution in [0.5, 0.6) is 0 Å². The molecule has 4 bridgehead atoms. The van der Waals surface area contributed by atoms with Crippen molar-refractivity contribution in [2.75, 3.05) is 18.7 Å². The largest absolute Gasteiger partial charge is 0.394 e. The Morgan fingerprint density at radius 2 is 1.79 bits per heavy atom. The van der Waals surface area contributed by atoms with E-state index in [9.17, 15) is 9.36 Å². The Morgan fingerprint density at radius 1 is 1.24 bits per heavy atom. The molecule has 0 aromatic carbocycles. The molecule has 5 rings (SSSR count). The fourth-order valence-corrected chi connectivity index (χ4v) is 5.75. The van der Waals surface area contributed by atoms with Crippen molar-refractivity contribution in [3.63, 3.8) is 0 Å². The van der Waals surface area contributed by atoms with Gasteiger partial charge in [0.1, 0.15) is 12.2 Å². The molecule has 1 aromatic rings. The lowest BCUT2D eigenvalue weighted by Crippen LogP contribution is -2.55. The number of hydrogen-bond acceptors (Lipinski definition) is 7. The van der Waals surface area contributed by atoms with Crippen LogP contribution < -0.4 is 17.2 Å². The summed E-state index contributed by atoms with van der Waals surface area (Å²) < 4.78 is 16.5. The summed E-state index contributed by atoms with van der Waals surface area (Å²) in [5, 5.41) is 8.99. The van der Waals surface area contributed by atoms with Crippen molar-refractivity contribution in [2.24, 2.45) is 23.5 Å². The molecule has 1 heterocycles. The van der Waals surface area contributed by atoms with Crippen molar-refractivity contribution in [2.45, 2.75) is 56.7 Å². The lowest BCUT2D eigenvalue weighted by Gasteiger charge is -2.55. The van der Waals surface area contributed by atoms with Gasteiger partial charge in [-0.15, -0.1) is 0 Å². The van der Waals surface area contributed by atoms with E-state index in [0.29, 0.717) is 5.54 Å². The fourth-order valence-electron chi connectivity index (χ4n) is 5.34. The molecule has 29 heavy (non-hydrogen) atoms. The number of nitrogen functional groups attached to an aromatic ring is 1. The molecule has 164 valence electrons. The van der Waals surface area contributed by atoms with E-state index in [1.165, 1.54) is 50.8 Å². The number of nitrogens with two attached hydrogens (primary N) is 2. The quantitative estimate of drug-likeness (QED) is 0.396. The normalized spacial score (nSPS) is 31.2. The summed E-state index contributed by atoms with van der Waals surface area (Å²) in [7, 11) is -4.31. The van der Waals surface area contributed by atoms with Crippen molar-refractivity contribution < 1.29 is 24.2 Å². The van der Waals surface area contributed by atoms with Gasteiger partial charge in [0.25, 0.3) is 0 Å². The Hall–Kier alpha value is -1.29. The van der Waals surface area contributed by atoms with Crippen LogP contribution in [0, 0.1) is 17.8 Å². The van der Waals surface area contributed by atoms with Gasteiger partial charge in [-0.3, -0.25) is 9.13 Å². The van der Waals surface area contributed by atoms with Gasteiger partial charge < -0.3 is 31.1 Å². The van der Waals surface area contributed by atoms with Gasteiger partial charge >= 0.3 is 13.3 Å². The van der Waals surface area contributed by atoms with Gasteiger partial charge in [0.2, 0.25) is 0 Å². The Kier molecular flexibility index (Phi) is 6.82. The average Bonchev–Trinajstić information content (AvgIpc) is 2.58. The summed E-state index contributed by atoms with van der Waals surface area (Å²) in [6.45, 7) is -0.570. The number of aromatic nitrogens is 2. The highest BCUT2D eigenvalue weighted by Gasteiger charge is 2.48. The summed E-state index contributed by atoms with van der Waals surface area (Å²) in [6.07, 6.45) is 8.19. The smallest absolute Gasteiger partial charge is 0.350 e. The van der Waals surface area contributed by atoms with E-state index in [1.54, 1.807) is 0 Å². The van der Waals surface area contributed by atoms with Crippen molar-refractivity contribution in [1.29, 1.82) is 0 Å². The van der Waals surface area contributed by atoms with Crippen LogP contribution in [0.1, 0.15) is 38.5 Å². The first-order valence-electron chi connectivity index (χ1n) is 9.94. The van der Waals surface area contributed by atoms with Gasteiger partial charge in [-0.25, -0.2) is 4.79 Å². The van der Waals surface area contributed by atoms with E-state index in [0.717, 1.165) is 22.3 Å². The highest BCUT2D eigenvalue weighted by molar-refractivity contribution is 7.51. The molecule has 10 nitrogen and oxygen atoms in total. The molecule has 11 heteroatoms. The highest BCUT2D eigenvalue weighted by Crippen LogP contribution is 2.54. The fraction of sp³-hybridized carbons (Fsp3) is 0.778.